The average Bonchev–Trinajstić information content (AvgIpc) is 2.65. The highest BCUT2D eigenvalue weighted by Gasteiger charge is 2.54. The highest BCUT2D eigenvalue weighted by Crippen LogP contribution is 2.26. The number of benzene rings is 1. The normalized spacial score (nSPS) is 21.8. The van der Waals surface area contributed by atoms with Crippen molar-refractivity contribution in [1.29, 1.82) is 0 Å². The van der Waals surface area contributed by atoms with Crippen molar-refractivity contribution in [3.05, 3.63) is 29.8 Å². The van der Waals surface area contributed by atoms with Gasteiger partial charge in [-0.15, -0.1) is 0 Å². The molecule has 1 aliphatic heterocycles. The Bertz CT molecular complexity index is 483. The van der Waals surface area contributed by atoms with Crippen LogP contribution in [0.25, 0.3) is 0 Å². The molecular formula is C14H21N3O3. The van der Waals surface area contributed by atoms with Gasteiger partial charge in [-0.1, -0.05) is 31.5 Å². The number of carbonyl (C=O) groups excluding carboxylic acids is 1. The van der Waals surface area contributed by atoms with E-state index in [0.29, 0.717) is 18.8 Å². The first kappa shape index (κ1) is 14.9. The Balaban J connectivity index is 2.30. The van der Waals surface area contributed by atoms with Crippen LogP contribution in [0.15, 0.2) is 24.3 Å². The summed E-state index contributed by atoms with van der Waals surface area (Å²) in [5, 5.41) is 21.4. The molecule has 2 rings (SSSR count). The zero-order valence-electron chi connectivity index (χ0n) is 12.0. The van der Waals surface area contributed by atoms with E-state index in [2.05, 4.69) is 5.43 Å². The topological polar surface area (TPSA) is 76.0 Å². The molecule has 0 saturated carbocycles. The molecule has 110 valence electrons. The number of aryl methyl sites for hydroxylation is 1. The first-order valence-corrected chi connectivity index (χ1v) is 6.78. The minimum Gasteiger partial charge on any atom is -0.356 e. The maximum atomic E-state index is 12.2. The fourth-order valence-electron chi connectivity index (χ4n) is 2.36. The van der Waals surface area contributed by atoms with Crippen LogP contribution in [0.5, 0.6) is 0 Å². The van der Waals surface area contributed by atoms with Crippen molar-refractivity contribution in [2.45, 2.75) is 32.7 Å². The number of amides is 1. The molecule has 1 aromatic carbocycles. The Kier molecular flexibility index (Phi) is 4.10. The predicted octanol–water partition coefficient (Wildman–Crippen LogP) is 0.195. The molecule has 1 heterocycles. The first-order chi connectivity index (χ1) is 9.41. The first-order valence-electron chi connectivity index (χ1n) is 6.78. The van der Waals surface area contributed by atoms with Gasteiger partial charge in [0.25, 0.3) is 5.79 Å². The highest BCUT2D eigenvalue weighted by atomic mass is 16.5. The number of hydrazine groups is 1. The molecule has 1 aromatic rings. The van der Waals surface area contributed by atoms with Gasteiger partial charge < -0.3 is 10.2 Å². The highest BCUT2D eigenvalue weighted by molar-refractivity contribution is 6.00. The van der Waals surface area contributed by atoms with Gasteiger partial charge in [0.05, 0.1) is 5.69 Å². The number of likely N-dealkylation sites (N-methyl/N-ethyl adjacent to an activating group) is 1. The molecule has 0 bridgehead atoms. The van der Waals surface area contributed by atoms with Gasteiger partial charge in [-0.05, 0) is 32.1 Å². The third-order valence-corrected chi connectivity index (χ3v) is 3.62. The van der Waals surface area contributed by atoms with Gasteiger partial charge in [-0.2, -0.15) is 0 Å². The molecule has 1 fully saturated rings. The zero-order chi connectivity index (χ0) is 14.9. The summed E-state index contributed by atoms with van der Waals surface area (Å²) < 4.78 is 0. The number of rotatable bonds is 4. The average molecular weight is 279 g/mol. The second-order valence-electron chi connectivity index (χ2n) is 4.96. The van der Waals surface area contributed by atoms with Crippen molar-refractivity contribution >= 4 is 11.6 Å². The summed E-state index contributed by atoms with van der Waals surface area (Å²) in [5.74, 6) is -3.20. The number of nitrogens with zero attached hydrogens (tertiary/aromatic N) is 2. The van der Waals surface area contributed by atoms with E-state index in [9.17, 15) is 15.0 Å². The smallest absolute Gasteiger partial charge is 0.304 e. The lowest BCUT2D eigenvalue weighted by Gasteiger charge is -2.30. The Hall–Kier alpha value is -1.47. The fraction of sp³-hybridized carbons (Fsp3) is 0.500. The van der Waals surface area contributed by atoms with Gasteiger partial charge in [0.15, 0.2) is 0 Å². The van der Waals surface area contributed by atoms with Crippen LogP contribution in [0.3, 0.4) is 0 Å². The number of anilines is 1. The quantitative estimate of drug-likeness (QED) is 0.686. The number of hydrogen-bond acceptors (Lipinski definition) is 5. The molecule has 3 N–H and O–H groups in total. The summed E-state index contributed by atoms with van der Waals surface area (Å²) in [4.78, 5) is 14.0. The summed E-state index contributed by atoms with van der Waals surface area (Å²) in [6.45, 7) is 6.96. The van der Waals surface area contributed by atoms with Crippen molar-refractivity contribution in [3.63, 3.8) is 0 Å². The van der Waals surface area contributed by atoms with Gasteiger partial charge in [0.2, 0.25) is 0 Å². The number of aliphatic hydroxyl groups is 2. The van der Waals surface area contributed by atoms with Crippen molar-refractivity contribution < 1.29 is 15.0 Å². The SMILES string of the molecule is CCN(CC)C1NN(c2ccc(C)cc2)C(=O)C1(O)O. The summed E-state index contributed by atoms with van der Waals surface area (Å²) in [6, 6.07) is 7.26. The molecule has 20 heavy (non-hydrogen) atoms. The van der Waals surface area contributed by atoms with E-state index in [1.54, 1.807) is 17.0 Å². The van der Waals surface area contributed by atoms with Crippen LogP contribution in [0, 0.1) is 6.92 Å². The third kappa shape index (κ3) is 2.43. The van der Waals surface area contributed by atoms with E-state index in [1.807, 2.05) is 32.9 Å². The second kappa shape index (κ2) is 5.49. The summed E-state index contributed by atoms with van der Waals surface area (Å²) in [6.07, 6.45) is -0.855. The fourth-order valence-corrected chi connectivity index (χ4v) is 2.36. The molecule has 1 amide bonds. The molecular weight excluding hydrogens is 258 g/mol. The molecule has 0 aliphatic carbocycles. The lowest BCUT2D eigenvalue weighted by atomic mass is 10.2. The van der Waals surface area contributed by atoms with Gasteiger partial charge in [-0.25, -0.2) is 10.4 Å². The number of hydrogen-bond donors (Lipinski definition) is 3. The Morgan fingerprint density at radius 1 is 1.25 bits per heavy atom. The minimum atomic E-state index is -2.43. The van der Waals surface area contributed by atoms with E-state index in [-0.39, 0.29) is 0 Å². The van der Waals surface area contributed by atoms with Crippen molar-refractivity contribution in [2.24, 2.45) is 0 Å². The van der Waals surface area contributed by atoms with Crippen LogP contribution in [-0.4, -0.2) is 46.1 Å². The van der Waals surface area contributed by atoms with Crippen LogP contribution >= 0.6 is 0 Å². The molecule has 1 unspecified atom stereocenters. The number of carbonyl (C=O) groups is 1. The third-order valence-electron chi connectivity index (χ3n) is 3.62. The lowest BCUT2D eigenvalue weighted by molar-refractivity contribution is -0.196. The minimum absolute atomic E-state index is 0.586. The van der Waals surface area contributed by atoms with E-state index in [0.717, 1.165) is 5.56 Å². The van der Waals surface area contributed by atoms with Gasteiger partial charge >= 0.3 is 5.91 Å². The molecule has 0 aromatic heterocycles. The van der Waals surface area contributed by atoms with Crippen LogP contribution in [-0.2, 0) is 4.79 Å². The van der Waals surface area contributed by atoms with Crippen molar-refractivity contribution in [1.82, 2.24) is 10.3 Å². The van der Waals surface area contributed by atoms with E-state index in [4.69, 9.17) is 0 Å². The molecule has 6 heteroatoms. The Morgan fingerprint density at radius 2 is 1.80 bits per heavy atom. The standard InChI is InChI=1S/C14H21N3O3/c1-4-16(5-2)12-14(19,20)13(18)17(15-12)11-8-6-10(3)7-9-11/h6-9,12,15,19-20H,4-5H2,1-3H3. The summed E-state index contributed by atoms with van der Waals surface area (Å²) >= 11 is 0. The Morgan fingerprint density at radius 3 is 2.30 bits per heavy atom. The van der Waals surface area contributed by atoms with E-state index >= 15 is 0 Å². The van der Waals surface area contributed by atoms with Crippen molar-refractivity contribution in [2.75, 3.05) is 18.1 Å². The van der Waals surface area contributed by atoms with Crippen LogP contribution in [0.4, 0.5) is 5.69 Å². The molecule has 6 nitrogen and oxygen atoms in total. The lowest BCUT2D eigenvalue weighted by Crippen LogP contribution is -2.56. The van der Waals surface area contributed by atoms with E-state index < -0.39 is 17.9 Å². The van der Waals surface area contributed by atoms with Crippen LogP contribution in [0.2, 0.25) is 0 Å². The monoisotopic (exact) mass is 279 g/mol. The van der Waals surface area contributed by atoms with Crippen molar-refractivity contribution in [3.8, 4) is 0 Å². The predicted molar refractivity (Wildman–Crippen MR) is 75.7 cm³/mol. The zero-order valence-corrected chi connectivity index (χ0v) is 12.0. The summed E-state index contributed by atoms with van der Waals surface area (Å²) in [5.41, 5.74) is 4.53. The molecule has 1 atom stereocenters. The Labute approximate surface area is 118 Å². The molecule has 1 saturated heterocycles. The molecule has 0 spiro atoms. The van der Waals surface area contributed by atoms with Gasteiger partial charge in [0, 0.05) is 0 Å². The van der Waals surface area contributed by atoms with E-state index in [1.165, 1.54) is 5.01 Å². The largest absolute Gasteiger partial charge is 0.356 e. The molecule has 0 radical (unpaired) electrons. The summed E-state index contributed by atoms with van der Waals surface area (Å²) in [7, 11) is 0. The maximum Gasteiger partial charge on any atom is 0.304 e. The maximum absolute atomic E-state index is 12.2. The van der Waals surface area contributed by atoms with Crippen LogP contribution < -0.4 is 10.4 Å². The van der Waals surface area contributed by atoms with Gasteiger partial charge in [0.1, 0.15) is 6.17 Å². The number of nitrogens with one attached hydrogen (secondary N) is 1. The molecule has 1 aliphatic rings. The van der Waals surface area contributed by atoms with Gasteiger partial charge in [-0.3, -0.25) is 9.69 Å². The van der Waals surface area contributed by atoms with Crippen LogP contribution in [0.1, 0.15) is 19.4 Å². The second-order valence-corrected chi connectivity index (χ2v) is 4.96.